The molecule has 5 heteroatoms. The highest BCUT2D eigenvalue weighted by Crippen LogP contribution is 2.52. The summed E-state index contributed by atoms with van der Waals surface area (Å²) in [6, 6.07) is 29.2. The zero-order chi connectivity index (χ0) is 33.0. The van der Waals surface area contributed by atoms with Crippen LogP contribution in [0.4, 0.5) is 0 Å². The second-order valence-corrected chi connectivity index (χ2v) is 14.3. The molecular weight excluding hydrogens is 584 g/mol. The molecule has 2 atom stereocenters. The van der Waals surface area contributed by atoms with Crippen LogP contribution in [0.5, 0.6) is 11.5 Å². The first-order chi connectivity index (χ1) is 22.6. The van der Waals surface area contributed by atoms with Gasteiger partial charge in [-0.25, -0.2) is 0 Å². The van der Waals surface area contributed by atoms with Gasteiger partial charge in [-0.05, 0) is 57.3 Å². The Morgan fingerprint density at radius 1 is 0.574 bits per heavy atom. The third-order valence-corrected chi connectivity index (χ3v) is 8.48. The summed E-state index contributed by atoms with van der Waals surface area (Å²) >= 11 is 0. The quantitative estimate of drug-likeness (QED) is 0.163. The molecule has 244 valence electrons. The number of benzene rings is 4. The van der Waals surface area contributed by atoms with Crippen LogP contribution >= 0.6 is 0 Å². The summed E-state index contributed by atoms with van der Waals surface area (Å²) in [5.74, 6) is 1.58. The van der Waals surface area contributed by atoms with Crippen LogP contribution in [0.1, 0.15) is 98.6 Å². The number of ether oxygens (including phenoxy) is 5. The van der Waals surface area contributed by atoms with E-state index in [0.717, 1.165) is 44.9 Å². The van der Waals surface area contributed by atoms with E-state index in [-0.39, 0.29) is 10.8 Å². The van der Waals surface area contributed by atoms with Gasteiger partial charge in [-0.1, -0.05) is 127 Å². The molecule has 0 fully saturated rings. The van der Waals surface area contributed by atoms with E-state index < -0.39 is 12.6 Å². The summed E-state index contributed by atoms with van der Waals surface area (Å²) in [4.78, 5) is 0. The molecule has 5 nitrogen and oxygen atoms in total. The third kappa shape index (κ3) is 7.87. The molecule has 47 heavy (non-hydrogen) atoms. The van der Waals surface area contributed by atoms with Crippen molar-refractivity contribution in [2.75, 3.05) is 13.2 Å². The number of hydrogen-bond acceptors (Lipinski definition) is 5. The minimum Gasteiger partial charge on any atom is -0.459 e. The van der Waals surface area contributed by atoms with Gasteiger partial charge in [0.1, 0.15) is 11.5 Å². The molecule has 0 saturated heterocycles. The molecule has 0 aliphatic carbocycles. The molecule has 2 bridgehead atoms. The molecule has 0 amide bonds. The maximum atomic E-state index is 6.73. The Balaban J connectivity index is 1.27. The molecule has 2 heterocycles. The normalized spacial score (nSPS) is 17.3. The fourth-order valence-corrected chi connectivity index (χ4v) is 5.73. The van der Waals surface area contributed by atoms with Crippen LogP contribution in [-0.2, 0) is 38.3 Å². The van der Waals surface area contributed by atoms with E-state index in [4.69, 9.17) is 23.7 Å². The van der Waals surface area contributed by atoms with Gasteiger partial charge in [0.2, 0.25) is 12.6 Å². The van der Waals surface area contributed by atoms with Crippen molar-refractivity contribution in [1.82, 2.24) is 0 Å². The fraction of sp³-hybridized carbons (Fsp3) is 0.333. The van der Waals surface area contributed by atoms with E-state index >= 15 is 0 Å². The molecule has 0 aromatic heterocycles. The van der Waals surface area contributed by atoms with Crippen molar-refractivity contribution < 1.29 is 23.7 Å². The number of fused-ring (bicyclic) bond motifs is 6. The molecule has 0 saturated carbocycles. The lowest BCUT2D eigenvalue weighted by atomic mass is 9.83. The molecule has 2 aliphatic rings. The van der Waals surface area contributed by atoms with Crippen LogP contribution in [0, 0.1) is 0 Å². The molecule has 4 aromatic rings. The Morgan fingerprint density at radius 2 is 0.979 bits per heavy atom. The summed E-state index contributed by atoms with van der Waals surface area (Å²) in [6.45, 7) is 15.4. The van der Waals surface area contributed by atoms with E-state index in [2.05, 4.69) is 114 Å². The lowest BCUT2D eigenvalue weighted by Gasteiger charge is -2.40. The second kappa shape index (κ2) is 13.9. The van der Waals surface area contributed by atoms with Crippen molar-refractivity contribution in [2.45, 2.75) is 78.2 Å². The standard InChI is InChI=1S/C42H46O5/c1-41(2,3)33-23-31(19-13-21-43-27-29-15-9-7-10-16-29)37-35(25-33)39-46-38-32(20-14-22-44-28-30-17-11-8-12-18-30)24-34(42(4,5)6)26-36(38)40(45-37)47-39/h7-20,23-26,39-40H,21-22,27-28H2,1-6H3. The summed E-state index contributed by atoms with van der Waals surface area (Å²) in [6.07, 6.45) is 7.10. The average Bonchev–Trinajstić information content (AvgIpc) is 3.04. The molecule has 4 aromatic carbocycles. The Hall–Kier alpha value is -4.16. The van der Waals surface area contributed by atoms with Crippen LogP contribution in [0.2, 0.25) is 0 Å². The van der Waals surface area contributed by atoms with Gasteiger partial charge in [0, 0.05) is 11.1 Å². The topological polar surface area (TPSA) is 46.2 Å². The van der Waals surface area contributed by atoms with Gasteiger partial charge >= 0.3 is 0 Å². The van der Waals surface area contributed by atoms with E-state index in [0.29, 0.717) is 26.4 Å². The predicted octanol–water partition coefficient (Wildman–Crippen LogP) is 10.2. The highest BCUT2D eigenvalue weighted by Gasteiger charge is 2.41. The maximum absolute atomic E-state index is 6.73. The fourth-order valence-electron chi connectivity index (χ4n) is 5.73. The molecule has 2 unspecified atom stereocenters. The predicted molar refractivity (Wildman–Crippen MR) is 188 cm³/mol. The minimum atomic E-state index is -0.595. The van der Waals surface area contributed by atoms with Crippen molar-refractivity contribution in [3.63, 3.8) is 0 Å². The van der Waals surface area contributed by atoms with E-state index in [9.17, 15) is 0 Å². The van der Waals surface area contributed by atoms with Crippen molar-refractivity contribution in [3.8, 4) is 11.5 Å². The van der Waals surface area contributed by atoms with Crippen LogP contribution < -0.4 is 9.47 Å². The first kappa shape index (κ1) is 32.8. The monoisotopic (exact) mass is 630 g/mol. The highest BCUT2D eigenvalue weighted by molar-refractivity contribution is 5.66. The Labute approximate surface area is 279 Å². The molecule has 0 N–H and O–H groups in total. The minimum absolute atomic E-state index is 0.0832. The van der Waals surface area contributed by atoms with Gasteiger partial charge in [-0.15, -0.1) is 0 Å². The summed E-state index contributed by atoms with van der Waals surface area (Å²) in [5, 5.41) is 0. The van der Waals surface area contributed by atoms with Crippen LogP contribution in [0.25, 0.3) is 12.2 Å². The van der Waals surface area contributed by atoms with Gasteiger partial charge in [-0.3, -0.25) is 4.74 Å². The average molecular weight is 631 g/mol. The molecule has 6 rings (SSSR count). The Morgan fingerprint density at radius 3 is 1.36 bits per heavy atom. The zero-order valence-electron chi connectivity index (χ0n) is 28.4. The Bertz CT molecular complexity index is 1600. The SMILES string of the molecule is CC(C)(C)c1cc(C=CCOCc2ccccc2)c2c(c1)C1Oc3c(C=CCOCc4ccccc4)cc(C(C)(C)C)cc3C(O2)O1. The van der Waals surface area contributed by atoms with E-state index in [1.807, 2.05) is 36.4 Å². The van der Waals surface area contributed by atoms with Gasteiger partial charge in [-0.2, -0.15) is 0 Å². The molecule has 2 aliphatic heterocycles. The molecular formula is C42H46O5. The summed E-state index contributed by atoms with van der Waals surface area (Å²) in [5.41, 5.74) is 8.27. The smallest absolute Gasteiger partial charge is 0.233 e. The first-order valence-electron chi connectivity index (χ1n) is 16.5. The molecule has 0 spiro atoms. The summed E-state index contributed by atoms with van der Waals surface area (Å²) < 4.78 is 31.8. The van der Waals surface area contributed by atoms with Gasteiger partial charge in [0.25, 0.3) is 0 Å². The Kier molecular flexibility index (Phi) is 9.70. The third-order valence-electron chi connectivity index (χ3n) is 8.48. The molecule has 0 radical (unpaired) electrons. The van der Waals surface area contributed by atoms with Gasteiger partial charge in [0.15, 0.2) is 0 Å². The van der Waals surface area contributed by atoms with E-state index in [1.165, 1.54) is 11.1 Å². The van der Waals surface area contributed by atoms with Crippen LogP contribution in [-0.4, -0.2) is 13.2 Å². The van der Waals surface area contributed by atoms with Gasteiger partial charge < -0.3 is 18.9 Å². The zero-order valence-corrected chi connectivity index (χ0v) is 28.4. The van der Waals surface area contributed by atoms with E-state index in [1.54, 1.807) is 0 Å². The highest BCUT2D eigenvalue weighted by atomic mass is 16.8. The van der Waals surface area contributed by atoms with Crippen LogP contribution in [0.15, 0.2) is 97.1 Å². The van der Waals surface area contributed by atoms with Crippen molar-refractivity contribution in [2.24, 2.45) is 0 Å². The number of rotatable bonds is 10. The lowest BCUT2D eigenvalue weighted by Crippen LogP contribution is -2.32. The maximum Gasteiger partial charge on any atom is 0.233 e. The largest absolute Gasteiger partial charge is 0.459 e. The van der Waals surface area contributed by atoms with Crippen molar-refractivity contribution in [3.05, 3.63) is 142 Å². The second-order valence-electron chi connectivity index (χ2n) is 14.3. The first-order valence-corrected chi connectivity index (χ1v) is 16.5. The summed E-state index contributed by atoms with van der Waals surface area (Å²) in [7, 11) is 0. The lowest BCUT2D eigenvalue weighted by molar-refractivity contribution is -0.227. The van der Waals surface area contributed by atoms with Crippen LogP contribution in [0.3, 0.4) is 0 Å². The van der Waals surface area contributed by atoms with Crippen molar-refractivity contribution in [1.29, 1.82) is 0 Å². The number of hydrogen-bond donors (Lipinski definition) is 0. The van der Waals surface area contributed by atoms with Gasteiger partial charge in [0.05, 0.1) is 37.6 Å². The van der Waals surface area contributed by atoms with Crippen molar-refractivity contribution >= 4 is 12.2 Å².